The number of anilines is 1. The van der Waals surface area contributed by atoms with Crippen molar-refractivity contribution in [3.05, 3.63) is 29.3 Å². The zero-order chi connectivity index (χ0) is 14.5. The molecule has 0 saturated carbocycles. The van der Waals surface area contributed by atoms with E-state index in [1.54, 1.807) is 4.90 Å². The molecule has 0 bridgehead atoms. The fourth-order valence-electron chi connectivity index (χ4n) is 2.53. The Hall–Kier alpha value is -1.71. The summed E-state index contributed by atoms with van der Waals surface area (Å²) in [7, 11) is 0. The van der Waals surface area contributed by atoms with Crippen LogP contribution in [0.3, 0.4) is 0 Å². The highest BCUT2D eigenvalue weighted by Crippen LogP contribution is 2.21. The SMILES string of the molecule is CCOC(=O)N1CCC(Nc2cc(C)ccc2C)CC1. The highest BCUT2D eigenvalue weighted by molar-refractivity contribution is 5.67. The number of nitrogens with one attached hydrogen (secondary N) is 1. The predicted octanol–water partition coefficient (Wildman–Crippen LogP) is 3.34. The monoisotopic (exact) mass is 276 g/mol. The van der Waals surface area contributed by atoms with Crippen LogP contribution < -0.4 is 5.32 Å². The molecule has 1 N–H and O–H groups in total. The molecule has 4 nitrogen and oxygen atoms in total. The largest absolute Gasteiger partial charge is 0.450 e. The van der Waals surface area contributed by atoms with Gasteiger partial charge in [0.2, 0.25) is 0 Å². The molecule has 20 heavy (non-hydrogen) atoms. The number of hydrogen-bond acceptors (Lipinski definition) is 3. The van der Waals surface area contributed by atoms with Crippen molar-refractivity contribution < 1.29 is 9.53 Å². The number of hydrogen-bond donors (Lipinski definition) is 1. The summed E-state index contributed by atoms with van der Waals surface area (Å²) in [4.78, 5) is 13.4. The average Bonchev–Trinajstić information content (AvgIpc) is 2.44. The minimum atomic E-state index is -0.183. The van der Waals surface area contributed by atoms with Gasteiger partial charge < -0.3 is 15.0 Å². The lowest BCUT2D eigenvalue weighted by molar-refractivity contribution is 0.0983. The van der Waals surface area contributed by atoms with Crippen LogP contribution in [-0.4, -0.2) is 36.7 Å². The van der Waals surface area contributed by atoms with E-state index in [4.69, 9.17) is 4.74 Å². The standard InChI is InChI=1S/C16H24N2O2/c1-4-20-16(19)18-9-7-14(8-10-18)17-15-11-12(2)5-6-13(15)3/h5-6,11,14,17H,4,7-10H2,1-3H3. The summed E-state index contributed by atoms with van der Waals surface area (Å²) in [5, 5.41) is 3.60. The van der Waals surface area contributed by atoms with E-state index < -0.39 is 0 Å². The molecule has 0 unspecified atom stereocenters. The third kappa shape index (κ3) is 3.65. The molecule has 1 heterocycles. The van der Waals surface area contributed by atoms with Gasteiger partial charge in [-0.2, -0.15) is 0 Å². The van der Waals surface area contributed by atoms with E-state index >= 15 is 0 Å². The molecular formula is C16H24N2O2. The Bertz CT molecular complexity index is 466. The molecule has 1 saturated heterocycles. The van der Waals surface area contributed by atoms with E-state index in [0.29, 0.717) is 12.6 Å². The van der Waals surface area contributed by atoms with Gasteiger partial charge in [0.1, 0.15) is 0 Å². The normalized spacial score (nSPS) is 16.1. The number of benzene rings is 1. The Morgan fingerprint density at radius 3 is 2.70 bits per heavy atom. The fourth-order valence-corrected chi connectivity index (χ4v) is 2.53. The molecular weight excluding hydrogens is 252 g/mol. The van der Waals surface area contributed by atoms with Crippen LogP contribution in [0.25, 0.3) is 0 Å². The van der Waals surface area contributed by atoms with Crippen LogP contribution in [-0.2, 0) is 4.74 Å². The fraction of sp³-hybridized carbons (Fsp3) is 0.562. The first-order valence-electron chi connectivity index (χ1n) is 7.35. The Labute approximate surface area is 121 Å². The zero-order valence-electron chi connectivity index (χ0n) is 12.6. The highest BCUT2D eigenvalue weighted by Gasteiger charge is 2.23. The van der Waals surface area contributed by atoms with Gasteiger partial charge in [-0.15, -0.1) is 0 Å². The molecule has 0 atom stereocenters. The average molecular weight is 276 g/mol. The van der Waals surface area contributed by atoms with Crippen molar-refractivity contribution in [3.8, 4) is 0 Å². The van der Waals surface area contributed by atoms with Crippen molar-refractivity contribution in [2.75, 3.05) is 25.0 Å². The van der Waals surface area contributed by atoms with Crippen LogP contribution in [0, 0.1) is 13.8 Å². The Morgan fingerprint density at radius 1 is 1.35 bits per heavy atom. The number of carbonyl (C=O) groups is 1. The number of rotatable bonds is 3. The van der Waals surface area contributed by atoms with E-state index in [1.165, 1.54) is 16.8 Å². The van der Waals surface area contributed by atoms with Crippen molar-refractivity contribution in [1.82, 2.24) is 4.90 Å². The first kappa shape index (κ1) is 14.7. The maximum Gasteiger partial charge on any atom is 0.409 e. The third-order valence-corrected chi connectivity index (χ3v) is 3.77. The molecule has 0 radical (unpaired) electrons. The third-order valence-electron chi connectivity index (χ3n) is 3.77. The highest BCUT2D eigenvalue weighted by atomic mass is 16.6. The van der Waals surface area contributed by atoms with Gasteiger partial charge in [0.05, 0.1) is 6.61 Å². The molecule has 0 aromatic heterocycles. The smallest absolute Gasteiger partial charge is 0.409 e. The molecule has 1 aromatic carbocycles. The zero-order valence-corrected chi connectivity index (χ0v) is 12.6. The minimum Gasteiger partial charge on any atom is -0.450 e. The van der Waals surface area contributed by atoms with E-state index in [1.807, 2.05) is 6.92 Å². The quantitative estimate of drug-likeness (QED) is 0.920. The van der Waals surface area contributed by atoms with Crippen LogP contribution in [0.4, 0.5) is 10.5 Å². The summed E-state index contributed by atoms with van der Waals surface area (Å²) < 4.78 is 5.04. The van der Waals surface area contributed by atoms with Crippen molar-refractivity contribution >= 4 is 11.8 Å². The topological polar surface area (TPSA) is 41.6 Å². The summed E-state index contributed by atoms with van der Waals surface area (Å²) in [5.41, 5.74) is 3.74. The molecule has 110 valence electrons. The number of likely N-dealkylation sites (tertiary alicyclic amines) is 1. The molecule has 0 spiro atoms. The van der Waals surface area contributed by atoms with Gasteiger partial charge >= 0.3 is 6.09 Å². The van der Waals surface area contributed by atoms with Gasteiger partial charge in [-0.3, -0.25) is 0 Å². The number of carbonyl (C=O) groups excluding carboxylic acids is 1. The lowest BCUT2D eigenvalue weighted by Gasteiger charge is -2.32. The maximum absolute atomic E-state index is 11.6. The van der Waals surface area contributed by atoms with Crippen LogP contribution in [0.1, 0.15) is 30.9 Å². The second-order valence-electron chi connectivity index (χ2n) is 5.42. The summed E-state index contributed by atoms with van der Waals surface area (Å²) in [5.74, 6) is 0. The van der Waals surface area contributed by atoms with Gasteiger partial charge in [-0.05, 0) is 50.8 Å². The van der Waals surface area contributed by atoms with Gasteiger partial charge in [-0.25, -0.2) is 4.79 Å². The Morgan fingerprint density at radius 2 is 2.05 bits per heavy atom. The predicted molar refractivity (Wildman–Crippen MR) is 81.2 cm³/mol. The summed E-state index contributed by atoms with van der Waals surface area (Å²) >= 11 is 0. The van der Waals surface area contributed by atoms with Crippen molar-refractivity contribution in [3.63, 3.8) is 0 Å². The minimum absolute atomic E-state index is 0.183. The first-order valence-corrected chi connectivity index (χ1v) is 7.35. The van der Waals surface area contributed by atoms with E-state index in [-0.39, 0.29) is 6.09 Å². The van der Waals surface area contributed by atoms with Gasteiger partial charge in [0.15, 0.2) is 0 Å². The van der Waals surface area contributed by atoms with E-state index in [2.05, 4.69) is 37.4 Å². The van der Waals surface area contributed by atoms with Crippen LogP contribution in [0.5, 0.6) is 0 Å². The van der Waals surface area contributed by atoms with E-state index in [0.717, 1.165) is 25.9 Å². The Kier molecular flexibility index (Phi) is 4.88. The molecule has 4 heteroatoms. The summed E-state index contributed by atoms with van der Waals surface area (Å²) in [6.07, 6.45) is 1.75. The van der Waals surface area contributed by atoms with Crippen molar-refractivity contribution in [1.29, 1.82) is 0 Å². The molecule has 0 aliphatic carbocycles. The van der Waals surface area contributed by atoms with Crippen LogP contribution in [0.15, 0.2) is 18.2 Å². The number of aryl methyl sites for hydroxylation is 2. The van der Waals surface area contributed by atoms with Crippen LogP contribution >= 0.6 is 0 Å². The molecule has 2 rings (SSSR count). The number of amides is 1. The first-order chi connectivity index (χ1) is 9.60. The summed E-state index contributed by atoms with van der Waals surface area (Å²) in [6, 6.07) is 6.89. The summed E-state index contributed by atoms with van der Waals surface area (Å²) in [6.45, 7) is 8.04. The van der Waals surface area contributed by atoms with Crippen molar-refractivity contribution in [2.45, 2.75) is 39.7 Å². The number of piperidine rings is 1. The van der Waals surface area contributed by atoms with Gasteiger partial charge in [0.25, 0.3) is 0 Å². The van der Waals surface area contributed by atoms with Gasteiger partial charge in [-0.1, -0.05) is 12.1 Å². The Balaban J connectivity index is 1.88. The second-order valence-corrected chi connectivity index (χ2v) is 5.42. The molecule has 1 aliphatic heterocycles. The lowest BCUT2D eigenvalue weighted by atomic mass is 10.0. The molecule has 1 aliphatic rings. The maximum atomic E-state index is 11.6. The van der Waals surface area contributed by atoms with Crippen LogP contribution in [0.2, 0.25) is 0 Å². The number of ether oxygens (including phenoxy) is 1. The lowest BCUT2D eigenvalue weighted by Crippen LogP contribution is -2.42. The molecule has 1 aromatic rings. The molecule has 1 fully saturated rings. The van der Waals surface area contributed by atoms with E-state index in [9.17, 15) is 4.79 Å². The second kappa shape index (κ2) is 6.64. The molecule has 1 amide bonds. The number of nitrogens with zero attached hydrogens (tertiary/aromatic N) is 1. The van der Waals surface area contributed by atoms with Gasteiger partial charge in [0, 0.05) is 24.8 Å². The van der Waals surface area contributed by atoms with Crippen molar-refractivity contribution in [2.24, 2.45) is 0 Å².